The van der Waals surface area contributed by atoms with Crippen molar-refractivity contribution in [3.05, 3.63) is 65.1 Å². The van der Waals surface area contributed by atoms with Crippen molar-refractivity contribution in [3.63, 3.8) is 0 Å². The van der Waals surface area contributed by atoms with E-state index in [2.05, 4.69) is 33.7 Å². The van der Waals surface area contributed by atoms with Gasteiger partial charge >= 0.3 is 0 Å². The van der Waals surface area contributed by atoms with Crippen LogP contribution in [0.25, 0.3) is 10.9 Å². The van der Waals surface area contributed by atoms with Gasteiger partial charge in [-0.1, -0.05) is 31.5 Å². The normalized spacial score (nSPS) is 15.7. The van der Waals surface area contributed by atoms with Crippen LogP contribution in [0.1, 0.15) is 48.2 Å². The van der Waals surface area contributed by atoms with Gasteiger partial charge in [0.15, 0.2) is 0 Å². The smallest absolute Gasteiger partial charge is 0.254 e. The highest BCUT2D eigenvalue weighted by Crippen LogP contribution is 2.24. The van der Waals surface area contributed by atoms with E-state index in [1.807, 2.05) is 24.9 Å². The van der Waals surface area contributed by atoms with Gasteiger partial charge in [-0.25, -0.2) is 4.39 Å². The number of nitrogens with zero attached hydrogens (tertiary/aromatic N) is 2. The molecule has 1 fully saturated rings. The number of likely N-dealkylation sites (tertiary alicyclic amines) is 1. The lowest BCUT2D eigenvalue weighted by atomic mass is 9.89. The second-order valence-corrected chi connectivity index (χ2v) is 9.44. The first kappa shape index (κ1) is 23.0. The molecule has 1 aliphatic heterocycles. The Morgan fingerprint density at radius 1 is 1.18 bits per heavy atom. The van der Waals surface area contributed by atoms with Gasteiger partial charge in [0.25, 0.3) is 5.91 Å². The quantitative estimate of drug-likeness (QED) is 0.590. The molecule has 4 rings (SSSR count). The molecule has 0 radical (unpaired) electrons. The van der Waals surface area contributed by atoms with Gasteiger partial charge in [0, 0.05) is 18.5 Å². The van der Waals surface area contributed by atoms with Gasteiger partial charge in [0.05, 0.1) is 17.3 Å². The molecule has 2 aromatic carbocycles. The van der Waals surface area contributed by atoms with Crippen LogP contribution in [0.2, 0.25) is 0 Å². The van der Waals surface area contributed by atoms with Crippen LogP contribution >= 0.6 is 0 Å². The third-order valence-electron chi connectivity index (χ3n) is 6.54. The van der Waals surface area contributed by atoms with E-state index in [0.717, 1.165) is 35.7 Å². The number of H-pyrrole nitrogens is 1. The highest BCUT2D eigenvalue weighted by Gasteiger charge is 2.32. The minimum atomic E-state index is -0.683. The topological polar surface area (TPSA) is 78.1 Å². The largest absolute Gasteiger partial charge is 0.341 e. The van der Waals surface area contributed by atoms with Crippen LogP contribution in [0.5, 0.6) is 0 Å². The summed E-state index contributed by atoms with van der Waals surface area (Å²) in [5.74, 6) is -0.819. The van der Waals surface area contributed by atoms with Crippen molar-refractivity contribution in [2.75, 3.05) is 13.1 Å². The van der Waals surface area contributed by atoms with Crippen molar-refractivity contribution in [1.82, 2.24) is 20.4 Å². The number of carbonyl (C=O) groups excluding carboxylic acids is 2. The number of carbonyl (C=O) groups is 2. The molecule has 1 aliphatic rings. The Labute approximate surface area is 193 Å². The number of amides is 2. The van der Waals surface area contributed by atoms with E-state index in [1.54, 1.807) is 13.0 Å². The summed E-state index contributed by atoms with van der Waals surface area (Å²) in [4.78, 5) is 27.8. The van der Waals surface area contributed by atoms with E-state index in [-0.39, 0.29) is 17.4 Å². The number of nitrogens with one attached hydrogen (secondary N) is 2. The summed E-state index contributed by atoms with van der Waals surface area (Å²) in [6, 6.07) is 10.1. The van der Waals surface area contributed by atoms with Crippen LogP contribution < -0.4 is 5.32 Å². The maximum atomic E-state index is 14.2. The Kier molecular flexibility index (Phi) is 6.77. The number of aromatic amines is 1. The Bertz CT molecular complexity index is 1150. The van der Waals surface area contributed by atoms with E-state index in [4.69, 9.17) is 0 Å². The van der Waals surface area contributed by atoms with Gasteiger partial charge in [-0.05, 0) is 67.9 Å². The molecule has 6 nitrogen and oxygen atoms in total. The second kappa shape index (κ2) is 9.73. The number of piperidine rings is 1. The molecule has 2 amide bonds. The predicted octanol–water partition coefficient (Wildman–Crippen LogP) is 4.25. The lowest BCUT2D eigenvalue weighted by molar-refractivity contribution is -0.135. The molecular weight excluding hydrogens is 419 g/mol. The molecule has 7 heteroatoms. The number of aryl methyl sites for hydroxylation is 1. The van der Waals surface area contributed by atoms with E-state index >= 15 is 0 Å². The molecule has 0 aliphatic carbocycles. The summed E-state index contributed by atoms with van der Waals surface area (Å²) >= 11 is 0. The molecule has 0 saturated carbocycles. The SMILES string of the molecule is Cc1ccc(F)c(C(=O)N[C@@H](C(=O)N2CCC(Cc3ccc4[nH]ncc4c3)CC2)C(C)C)c1. The average Bonchev–Trinajstić information content (AvgIpc) is 3.26. The zero-order valence-corrected chi connectivity index (χ0v) is 19.4. The molecule has 2 N–H and O–H groups in total. The van der Waals surface area contributed by atoms with Gasteiger partial charge in [-0.2, -0.15) is 5.10 Å². The van der Waals surface area contributed by atoms with E-state index in [1.165, 1.54) is 17.7 Å². The number of benzene rings is 2. The molecular formula is C26H31FN4O2. The molecule has 33 heavy (non-hydrogen) atoms. The first-order valence-corrected chi connectivity index (χ1v) is 11.6. The van der Waals surface area contributed by atoms with E-state index in [0.29, 0.717) is 19.0 Å². The Morgan fingerprint density at radius 3 is 2.67 bits per heavy atom. The molecule has 1 atom stereocenters. The predicted molar refractivity (Wildman–Crippen MR) is 126 cm³/mol. The number of fused-ring (bicyclic) bond motifs is 1. The third-order valence-corrected chi connectivity index (χ3v) is 6.54. The molecule has 1 saturated heterocycles. The van der Waals surface area contributed by atoms with Crippen molar-refractivity contribution in [2.24, 2.45) is 11.8 Å². The molecule has 1 aromatic heterocycles. The van der Waals surface area contributed by atoms with Crippen molar-refractivity contribution >= 4 is 22.7 Å². The van der Waals surface area contributed by atoms with E-state index in [9.17, 15) is 14.0 Å². The fraction of sp³-hybridized carbons (Fsp3) is 0.423. The average molecular weight is 451 g/mol. The summed E-state index contributed by atoms with van der Waals surface area (Å²) in [5.41, 5.74) is 3.08. The maximum Gasteiger partial charge on any atom is 0.254 e. The monoisotopic (exact) mass is 450 g/mol. The number of hydrogen-bond donors (Lipinski definition) is 2. The maximum absolute atomic E-state index is 14.2. The van der Waals surface area contributed by atoms with Crippen molar-refractivity contribution in [2.45, 2.75) is 46.1 Å². The van der Waals surface area contributed by atoms with E-state index < -0.39 is 17.8 Å². The van der Waals surface area contributed by atoms with Crippen LogP contribution in [0.3, 0.4) is 0 Å². The number of aromatic nitrogens is 2. The van der Waals surface area contributed by atoms with Gasteiger partial charge < -0.3 is 10.2 Å². The van der Waals surface area contributed by atoms with Crippen molar-refractivity contribution in [1.29, 1.82) is 0 Å². The van der Waals surface area contributed by atoms with Gasteiger partial charge in [-0.3, -0.25) is 14.7 Å². The first-order chi connectivity index (χ1) is 15.8. The first-order valence-electron chi connectivity index (χ1n) is 11.6. The highest BCUT2D eigenvalue weighted by molar-refractivity contribution is 5.98. The Hall–Kier alpha value is -3.22. The number of rotatable bonds is 6. The standard InChI is InChI=1S/C26H31FN4O2/c1-16(2)24(29-25(32)21-12-17(3)4-6-22(21)27)26(33)31-10-8-18(9-11-31)13-19-5-7-23-20(14-19)15-28-30-23/h4-7,12,14-16,18,24H,8-11,13H2,1-3H3,(H,28,30)(H,29,32)/t24-/m1/s1. The van der Waals surface area contributed by atoms with Crippen LogP contribution in [0.15, 0.2) is 42.6 Å². The van der Waals surface area contributed by atoms with Gasteiger partial charge in [-0.15, -0.1) is 0 Å². The van der Waals surface area contributed by atoms with Gasteiger partial charge in [0.2, 0.25) is 5.91 Å². The molecule has 0 bridgehead atoms. The molecule has 2 heterocycles. The fourth-order valence-corrected chi connectivity index (χ4v) is 4.55. The summed E-state index contributed by atoms with van der Waals surface area (Å²) in [5, 5.41) is 10.9. The summed E-state index contributed by atoms with van der Waals surface area (Å²) in [7, 11) is 0. The molecule has 174 valence electrons. The van der Waals surface area contributed by atoms with Crippen LogP contribution in [0, 0.1) is 24.6 Å². The van der Waals surface area contributed by atoms with Crippen LogP contribution in [0.4, 0.5) is 4.39 Å². The zero-order valence-electron chi connectivity index (χ0n) is 19.4. The Balaban J connectivity index is 1.36. The highest BCUT2D eigenvalue weighted by atomic mass is 19.1. The minimum Gasteiger partial charge on any atom is -0.341 e. The van der Waals surface area contributed by atoms with Gasteiger partial charge in [0.1, 0.15) is 11.9 Å². The van der Waals surface area contributed by atoms with Crippen LogP contribution in [-0.2, 0) is 11.2 Å². The van der Waals surface area contributed by atoms with Crippen molar-refractivity contribution in [3.8, 4) is 0 Å². The lowest BCUT2D eigenvalue weighted by Gasteiger charge is -2.35. The molecule has 3 aromatic rings. The number of hydrogen-bond acceptors (Lipinski definition) is 3. The Morgan fingerprint density at radius 2 is 1.94 bits per heavy atom. The minimum absolute atomic E-state index is 0.0262. The summed E-state index contributed by atoms with van der Waals surface area (Å²) in [6.07, 6.45) is 4.64. The van der Waals surface area contributed by atoms with Crippen molar-refractivity contribution < 1.29 is 14.0 Å². The third kappa shape index (κ3) is 5.24. The molecule has 0 spiro atoms. The fourth-order valence-electron chi connectivity index (χ4n) is 4.55. The van der Waals surface area contributed by atoms with Crippen LogP contribution in [-0.4, -0.2) is 46.0 Å². The molecule has 0 unspecified atom stereocenters. The lowest BCUT2D eigenvalue weighted by Crippen LogP contribution is -2.53. The summed E-state index contributed by atoms with van der Waals surface area (Å²) < 4.78 is 14.2. The zero-order chi connectivity index (χ0) is 23.5. The number of halogens is 1. The second-order valence-electron chi connectivity index (χ2n) is 9.44. The summed E-state index contributed by atoms with van der Waals surface area (Å²) in [6.45, 7) is 6.92.